The maximum atomic E-state index is 13.3. The zero-order valence-corrected chi connectivity index (χ0v) is 10.1. The number of nitrogen functional groups attached to an aromatic ring is 1. The molecule has 0 amide bonds. The number of pyridine rings is 1. The monoisotopic (exact) mass is 248 g/mol. The van der Waals surface area contributed by atoms with E-state index >= 15 is 0 Å². The van der Waals surface area contributed by atoms with Gasteiger partial charge in [0.15, 0.2) is 17.3 Å². The van der Waals surface area contributed by atoms with Gasteiger partial charge >= 0.3 is 0 Å². The van der Waals surface area contributed by atoms with Crippen molar-refractivity contribution in [2.24, 2.45) is 0 Å². The molecule has 94 valence electrons. The van der Waals surface area contributed by atoms with Crippen LogP contribution in [0.3, 0.4) is 0 Å². The molecule has 2 rings (SSSR count). The number of halogens is 1. The van der Waals surface area contributed by atoms with Gasteiger partial charge in [0.1, 0.15) is 5.75 Å². The highest BCUT2D eigenvalue weighted by Gasteiger charge is 2.10. The molecule has 0 radical (unpaired) electrons. The first kappa shape index (κ1) is 12.2. The van der Waals surface area contributed by atoms with Crippen molar-refractivity contribution in [3.8, 4) is 17.2 Å². The molecule has 5 heteroatoms. The SMILES string of the molecule is COc1cc(Oc2ccc(C)nc2)c(N)cc1F. The number of hydrogen-bond donors (Lipinski definition) is 1. The topological polar surface area (TPSA) is 57.4 Å². The predicted molar refractivity (Wildman–Crippen MR) is 66.4 cm³/mol. The summed E-state index contributed by atoms with van der Waals surface area (Å²) in [5, 5.41) is 0. The van der Waals surface area contributed by atoms with Gasteiger partial charge < -0.3 is 15.2 Å². The van der Waals surface area contributed by atoms with E-state index in [1.54, 1.807) is 12.3 Å². The summed E-state index contributed by atoms with van der Waals surface area (Å²) in [4.78, 5) is 4.09. The van der Waals surface area contributed by atoms with E-state index in [0.717, 1.165) is 11.8 Å². The van der Waals surface area contributed by atoms with Crippen LogP contribution in [-0.4, -0.2) is 12.1 Å². The fraction of sp³-hybridized carbons (Fsp3) is 0.154. The summed E-state index contributed by atoms with van der Waals surface area (Å²) in [5.74, 6) is 0.420. The van der Waals surface area contributed by atoms with Crippen molar-refractivity contribution in [1.82, 2.24) is 4.98 Å². The fourth-order valence-electron chi connectivity index (χ4n) is 1.44. The quantitative estimate of drug-likeness (QED) is 0.848. The molecule has 0 saturated carbocycles. The van der Waals surface area contributed by atoms with E-state index in [9.17, 15) is 4.39 Å². The summed E-state index contributed by atoms with van der Waals surface area (Å²) < 4.78 is 23.7. The molecule has 0 bridgehead atoms. The number of hydrogen-bond acceptors (Lipinski definition) is 4. The van der Waals surface area contributed by atoms with Gasteiger partial charge in [-0.2, -0.15) is 0 Å². The second kappa shape index (κ2) is 4.91. The first-order valence-electron chi connectivity index (χ1n) is 5.33. The second-order valence-electron chi connectivity index (χ2n) is 3.76. The standard InChI is InChI=1S/C13H13FN2O2/c1-8-3-4-9(7-16-8)18-13-6-12(17-2)10(14)5-11(13)15/h3-7H,15H2,1-2H3. The van der Waals surface area contributed by atoms with Gasteiger partial charge in [-0.15, -0.1) is 0 Å². The molecule has 0 aliphatic rings. The fourth-order valence-corrected chi connectivity index (χ4v) is 1.44. The van der Waals surface area contributed by atoms with Gasteiger partial charge in [0.2, 0.25) is 0 Å². The van der Waals surface area contributed by atoms with Crippen LogP contribution in [0, 0.1) is 12.7 Å². The molecule has 0 aliphatic heterocycles. The summed E-state index contributed by atoms with van der Waals surface area (Å²) in [6.45, 7) is 1.87. The van der Waals surface area contributed by atoms with Gasteiger partial charge in [0.25, 0.3) is 0 Å². The van der Waals surface area contributed by atoms with Crippen LogP contribution >= 0.6 is 0 Å². The summed E-state index contributed by atoms with van der Waals surface area (Å²) in [7, 11) is 1.38. The molecule has 1 heterocycles. The number of methoxy groups -OCH3 is 1. The van der Waals surface area contributed by atoms with Gasteiger partial charge in [-0.05, 0) is 19.1 Å². The van der Waals surface area contributed by atoms with Gasteiger partial charge in [-0.3, -0.25) is 4.98 Å². The minimum Gasteiger partial charge on any atom is -0.494 e. The Morgan fingerprint density at radius 2 is 2.00 bits per heavy atom. The normalized spacial score (nSPS) is 10.2. The Labute approximate surface area is 104 Å². The van der Waals surface area contributed by atoms with E-state index in [1.165, 1.54) is 13.2 Å². The maximum absolute atomic E-state index is 13.3. The number of benzene rings is 1. The summed E-state index contributed by atoms with van der Waals surface area (Å²) in [6.07, 6.45) is 1.57. The average molecular weight is 248 g/mol. The molecule has 2 aromatic rings. The smallest absolute Gasteiger partial charge is 0.167 e. The van der Waals surface area contributed by atoms with Gasteiger partial charge in [0.05, 0.1) is 19.0 Å². The Balaban J connectivity index is 2.31. The third kappa shape index (κ3) is 2.51. The van der Waals surface area contributed by atoms with E-state index in [4.69, 9.17) is 15.2 Å². The van der Waals surface area contributed by atoms with Crippen molar-refractivity contribution < 1.29 is 13.9 Å². The predicted octanol–water partition coefficient (Wildman–Crippen LogP) is 2.91. The maximum Gasteiger partial charge on any atom is 0.167 e. The molecule has 0 unspecified atom stereocenters. The summed E-state index contributed by atoms with van der Waals surface area (Å²) in [5.41, 5.74) is 6.77. The van der Waals surface area contributed by atoms with Crippen molar-refractivity contribution >= 4 is 5.69 Å². The van der Waals surface area contributed by atoms with E-state index < -0.39 is 5.82 Å². The largest absolute Gasteiger partial charge is 0.494 e. The third-order valence-corrected chi connectivity index (χ3v) is 2.40. The van der Waals surface area contributed by atoms with E-state index in [2.05, 4.69) is 4.98 Å². The molecule has 2 N–H and O–H groups in total. The Morgan fingerprint density at radius 1 is 1.22 bits per heavy atom. The van der Waals surface area contributed by atoms with Gasteiger partial charge in [-0.1, -0.05) is 0 Å². The lowest BCUT2D eigenvalue weighted by Gasteiger charge is -2.10. The molecule has 0 aliphatic carbocycles. The van der Waals surface area contributed by atoms with E-state index in [-0.39, 0.29) is 11.4 Å². The van der Waals surface area contributed by atoms with Crippen LogP contribution in [0.25, 0.3) is 0 Å². The average Bonchev–Trinajstić information content (AvgIpc) is 2.35. The number of aromatic nitrogens is 1. The molecule has 18 heavy (non-hydrogen) atoms. The van der Waals surface area contributed by atoms with Crippen molar-refractivity contribution in [2.45, 2.75) is 6.92 Å². The van der Waals surface area contributed by atoms with Crippen LogP contribution in [0.15, 0.2) is 30.5 Å². The first-order chi connectivity index (χ1) is 8.60. The minimum atomic E-state index is -0.524. The Bertz CT molecular complexity index is 556. The summed E-state index contributed by atoms with van der Waals surface area (Å²) >= 11 is 0. The lowest BCUT2D eigenvalue weighted by Crippen LogP contribution is -1.96. The number of nitrogens with two attached hydrogens (primary N) is 1. The number of aryl methyl sites for hydroxylation is 1. The lowest BCUT2D eigenvalue weighted by atomic mass is 10.2. The molecule has 1 aromatic carbocycles. The van der Waals surface area contributed by atoms with Crippen LogP contribution in [0.1, 0.15) is 5.69 Å². The molecule has 4 nitrogen and oxygen atoms in total. The third-order valence-electron chi connectivity index (χ3n) is 2.40. The van der Waals surface area contributed by atoms with Crippen LogP contribution < -0.4 is 15.2 Å². The zero-order valence-electron chi connectivity index (χ0n) is 10.1. The van der Waals surface area contributed by atoms with Crippen molar-refractivity contribution in [3.63, 3.8) is 0 Å². The Kier molecular flexibility index (Phi) is 3.32. The molecule has 1 aromatic heterocycles. The Morgan fingerprint density at radius 3 is 2.61 bits per heavy atom. The molecule has 0 spiro atoms. The van der Waals surface area contributed by atoms with Gasteiger partial charge in [-0.25, -0.2) is 4.39 Å². The molecule has 0 atom stereocenters. The molecular weight excluding hydrogens is 235 g/mol. The second-order valence-corrected chi connectivity index (χ2v) is 3.76. The molecule has 0 saturated heterocycles. The van der Waals surface area contributed by atoms with Gasteiger partial charge in [0, 0.05) is 17.8 Å². The molecule has 0 fully saturated rings. The highest BCUT2D eigenvalue weighted by atomic mass is 19.1. The number of ether oxygens (including phenoxy) is 2. The van der Waals surface area contributed by atoms with Crippen LogP contribution in [0.4, 0.5) is 10.1 Å². The lowest BCUT2D eigenvalue weighted by molar-refractivity contribution is 0.382. The van der Waals surface area contributed by atoms with Crippen molar-refractivity contribution in [1.29, 1.82) is 0 Å². The molecular formula is C13H13FN2O2. The van der Waals surface area contributed by atoms with Crippen molar-refractivity contribution in [2.75, 3.05) is 12.8 Å². The first-order valence-corrected chi connectivity index (χ1v) is 5.33. The van der Waals surface area contributed by atoms with Crippen LogP contribution in [-0.2, 0) is 0 Å². The van der Waals surface area contributed by atoms with E-state index in [0.29, 0.717) is 11.5 Å². The Hall–Kier alpha value is -2.30. The van der Waals surface area contributed by atoms with Crippen molar-refractivity contribution in [3.05, 3.63) is 42.0 Å². The minimum absolute atomic E-state index is 0.0827. The van der Waals surface area contributed by atoms with Crippen LogP contribution in [0.2, 0.25) is 0 Å². The highest BCUT2D eigenvalue weighted by Crippen LogP contribution is 2.33. The zero-order chi connectivity index (χ0) is 13.1. The van der Waals surface area contributed by atoms with E-state index in [1.807, 2.05) is 13.0 Å². The number of rotatable bonds is 3. The highest BCUT2D eigenvalue weighted by molar-refractivity contribution is 5.57. The number of nitrogens with zero attached hydrogens (tertiary/aromatic N) is 1. The summed E-state index contributed by atoms with van der Waals surface area (Å²) in [6, 6.07) is 6.14. The van der Waals surface area contributed by atoms with Crippen LogP contribution in [0.5, 0.6) is 17.2 Å². The number of anilines is 1.